The van der Waals surface area contributed by atoms with Crippen molar-refractivity contribution < 1.29 is 19.4 Å². The van der Waals surface area contributed by atoms with Gasteiger partial charge in [0.05, 0.1) is 11.6 Å². The van der Waals surface area contributed by atoms with Crippen molar-refractivity contribution in [2.75, 3.05) is 33.8 Å². The molecule has 1 aliphatic rings. The molecule has 0 spiro atoms. The van der Waals surface area contributed by atoms with Crippen LogP contribution in [0.1, 0.15) is 23.6 Å². The maximum Gasteiger partial charge on any atom is 0.295 e. The number of carbonyl (C=O) groups is 2. The molecule has 3 rings (SSSR count). The highest BCUT2D eigenvalue weighted by Crippen LogP contribution is 2.40. The van der Waals surface area contributed by atoms with Gasteiger partial charge in [-0.15, -0.1) is 0 Å². The molecule has 1 aliphatic heterocycles. The average Bonchev–Trinajstić information content (AvgIpc) is 3.02. The molecule has 0 unspecified atom stereocenters. The Morgan fingerprint density at radius 3 is 2.59 bits per heavy atom. The zero-order valence-corrected chi connectivity index (χ0v) is 19.8. The molecule has 168 valence electrons. The van der Waals surface area contributed by atoms with Gasteiger partial charge in [0.1, 0.15) is 18.1 Å². The van der Waals surface area contributed by atoms with E-state index in [1.807, 2.05) is 31.1 Å². The third-order valence-corrected chi connectivity index (χ3v) is 5.73. The van der Waals surface area contributed by atoms with Gasteiger partial charge < -0.3 is 19.6 Å². The molecule has 0 radical (unpaired) electrons. The minimum absolute atomic E-state index is 0.0862. The summed E-state index contributed by atoms with van der Waals surface area (Å²) in [6.45, 7) is 5.16. The Balaban J connectivity index is 2.08. The number of hydrogen-bond donors (Lipinski definition) is 1. The molecule has 7 heteroatoms. The second-order valence-corrected chi connectivity index (χ2v) is 8.74. The van der Waals surface area contributed by atoms with Crippen LogP contribution in [0, 0.1) is 0 Å². The first-order chi connectivity index (χ1) is 15.3. The summed E-state index contributed by atoms with van der Waals surface area (Å²) < 4.78 is 6.50. The second kappa shape index (κ2) is 10.6. The fraction of sp³-hybridized carbons (Fsp3) is 0.280. The highest BCUT2D eigenvalue weighted by atomic mass is 79.9. The number of ether oxygens (including phenoxy) is 1. The van der Waals surface area contributed by atoms with E-state index in [1.165, 1.54) is 0 Å². The van der Waals surface area contributed by atoms with E-state index in [-0.39, 0.29) is 11.3 Å². The Morgan fingerprint density at radius 2 is 1.94 bits per heavy atom. The maximum absolute atomic E-state index is 13.1. The molecular formula is C25H27BrN2O4. The molecule has 32 heavy (non-hydrogen) atoms. The van der Waals surface area contributed by atoms with E-state index < -0.39 is 17.7 Å². The zero-order valence-electron chi connectivity index (χ0n) is 18.3. The number of benzene rings is 2. The van der Waals surface area contributed by atoms with E-state index in [9.17, 15) is 14.7 Å². The minimum Gasteiger partial charge on any atom is -0.507 e. The molecule has 0 saturated carbocycles. The van der Waals surface area contributed by atoms with Crippen molar-refractivity contribution in [3.05, 3.63) is 82.4 Å². The van der Waals surface area contributed by atoms with Gasteiger partial charge in [0.25, 0.3) is 11.7 Å². The quantitative estimate of drug-likeness (QED) is 0.240. The summed E-state index contributed by atoms with van der Waals surface area (Å²) in [5.74, 6) is -0.874. The number of likely N-dealkylation sites (tertiary alicyclic amines) is 1. The summed E-state index contributed by atoms with van der Waals surface area (Å²) in [5.41, 5.74) is 1.26. The van der Waals surface area contributed by atoms with Gasteiger partial charge in [0, 0.05) is 16.6 Å². The number of aliphatic hydroxyl groups is 1. The predicted molar refractivity (Wildman–Crippen MR) is 128 cm³/mol. The molecule has 0 aliphatic carbocycles. The standard InChI is InChI=1S/C25H27BrN2O4/c1-4-15-32-20-8-5-7-18(16-20)22-21(23(29)17-9-11-19(26)12-10-17)24(30)25(31)28(22)14-6-13-27(2)3/h4-5,7-12,16,22,29H,1,6,13-15H2,2-3H3/b23-21+/t22-/m1/s1. The number of halogens is 1. The van der Waals surface area contributed by atoms with Crippen LogP contribution in [0.25, 0.3) is 5.76 Å². The van der Waals surface area contributed by atoms with E-state index in [0.29, 0.717) is 36.4 Å². The summed E-state index contributed by atoms with van der Waals surface area (Å²) in [6.07, 6.45) is 2.34. The summed E-state index contributed by atoms with van der Waals surface area (Å²) in [4.78, 5) is 29.6. The first-order valence-electron chi connectivity index (χ1n) is 10.4. The topological polar surface area (TPSA) is 70.1 Å². The van der Waals surface area contributed by atoms with Gasteiger partial charge >= 0.3 is 0 Å². The van der Waals surface area contributed by atoms with E-state index in [1.54, 1.807) is 47.4 Å². The van der Waals surface area contributed by atoms with Gasteiger partial charge in [-0.3, -0.25) is 9.59 Å². The minimum atomic E-state index is -0.701. The number of carbonyl (C=O) groups excluding carboxylic acids is 2. The van der Waals surface area contributed by atoms with Crippen LogP contribution in [-0.2, 0) is 9.59 Å². The first kappa shape index (κ1) is 23.8. The molecule has 0 aromatic heterocycles. The number of Topliss-reactive ketones (excluding diaryl/α,β-unsaturated/α-hetero) is 1. The van der Waals surface area contributed by atoms with Gasteiger partial charge in [0.15, 0.2) is 0 Å². The summed E-state index contributed by atoms with van der Waals surface area (Å²) in [5, 5.41) is 11.1. The molecule has 1 fully saturated rings. The number of ketones is 1. The highest BCUT2D eigenvalue weighted by Gasteiger charge is 2.45. The monoisotopic (exact) mass is 498 g/mol. The van der Waals surface area contributed by atoms with Crippen LogP contribution in [0.15, 0.2) is 71.2 Å². The molecule has 1 N–H and O–H groups in total. The molecule has 6 nitrogen and oxygen atoms in total. The Kier molecular flexibility index (Phi) is 7.88. The number of nitrogens with zero attached hydrogens (tertiary/aromatic N) is 2. The number of rotatable bonds is 9. The van der Waals surface area contributed by atoms with Crippen LogP contribution < -0.4 is 4.74 Å². The smallest absolute Gasteiger partial charge is 0.295 e. The SMILES string of the molecule is C=CCOc1cccc([C@@H]2/C(=C(\O)c3ccc(Br)cc3)C(=O)C(=O)N2CCCN(C)C)c1. The molecule has 1 saturated heterocycles. The van der Waals surface area contributed by atoms with Gasteiger partial charge in [-0.1, -0.05) is 52.9 Å². The molecule has 1 atom stereocenters. The van der Waals surface area contributed by atoms with Crippen molar-refractivity contribution >= 4 is 33.4 Å². The summed E-state index contributed by atoms with van der Waals surface area (Å²) >= 11 is 3.37. The number of aliphatic hydroxyl groups excluding tert-OH is 1. The van der Waals surface area contributed by atoms with Crippen LogP contribution in [0.3, 0.4) is 0 Å². The highest BCUT2D eigenvalue weighted by molar-refractivity contribution is 9.10. The van der Waals surface area contributed by atoms with Crippen LogP contribution >= 0.6 is 15.9 Å². The van der Waals surface area contributed by atoms with Crippen molar-refractivity contribution in [3.8, 4) is 5.75 Å². The third-order valence-electron chi connectivity index (χ3n) is 5.20. The Bertz CT molecular complexity index is 1030. The lowest BCUT2D eigenvalue weighted by molar-refractivity contribution is -0.139. The molecule has 2 aromatic carbocycles. The van der Waals surface area contributed by atoms with E-state index in [2.05, 4.69) is 22.5 Å². The maximum atomic E-state index is 13.1. The van der Waals surface area contributed by atoms with E-state index in [0.717, 1.165) is 11.0 Å². The van der Waals surface area contributed by atoms with Gasteiger partial charge in [-0.05, 0) is 56.9 Å². The van der Waals surface area contributed by atoms with Crippen LogP contribution in [0.2, 0.25) is 0 Å². The van der Waals surface area contributed by atoms with E-state index in [4.69, 9.17) is 4.74 Å². The molecule has 0 bridgehead atoms. The lowest BCUT2D eigenvalue weighted by atomic mass is 9.95. The summed E-state index contributed by atoms with van der Waals surface area (Å²) in [6, 6.07) is 13.5. The molecule has 1 amide bonds. The number of hydrogen-bond acceptors (Lipinski definition) is 5. The van der Waals surface area contributed by atoms with Gasteiger partial charge in [-0.25, -0.2) is 0 Å². The zero-order chi connectivity index (χ0) is 23.3. The lowest BCUT2D eigenvalue weighted by Gasteiger charge is -2.26. The summed E-state index contributed by atoms with van der Waals surface area (Å²) in [7, 11) is 3.92. The molecular weight excluding hydrogens is 472 g/mol. The predicted octanol–water partition coefficient (Wildman–Crippen LogP) is 4.39. The number of amides is 1. The van der Waals surface area contributed by atoms with Gasteiger partial charge in [-0.2, -0.15) is 0 Å². The second-order valence-electron chi connectivity index (χ2n) is 7.83. The first-order valence-corrected chi connectivity index (χ1v) is 11.2. The fourth-order valence-electron chi connectivity index (χ4n) is 3.71. The van der Waals surface area contributed by atoms with Crippen molar-refractivity contribution in [1.82, 2.24) is 9.80 Å². The Labute approximate surface area is 196 Å². The Morgan fingerprint density at radius 1 is 1.22 bits per heavy atom. The molecule has 2 aromatic rings. The van der Waals surface area contributed by atoms with Crippen molar-refractivity contribution in [3.63, 3.8) is 0 Å². The molecule has 1 heterocycles. The largest absolute Gasteiger partial charge is 0.507 e. The van der Waals surface area contributed by atoms with Crippen LogP contribution in [0.4, 0.5) is 0 Å². The van der Waals surface area contributed by atoms with Crippen LogP contribution in [0.5, 0.6) is 5.75 Å². The van der Waals surface area contributed by atoms with Crippen molar-refractivity contribution in [1.29, 1.82) is 0 Å². The van der Waals surface area contributed by atoms with Crippen molar-refractivity contribution in [2.24, 2.45) is 0 Å². The average molecular weight is 499 g/mol. The Hall–Kier alpha value is -2.90. The normalized spacial score (nSPS) is 17.8. The third kappa shape index (κ3) is 5.29. The van der Waals surface area contributed by atoms with Gasteiger partial charge in [0.2, 0.25) is 0 Å². The van der Waals surface area contributed by atoms with Crippen LogP contribution in [-0.4, -0.2) is 60.4 Å². The van der Waals surface area contributed by atoms with E-state index >= 15 is 0 Å². The fourth-order valence-corrected chi connectivity index (χ4v) is 3.97. The lowest BCUT2D eigenvalue weighted by Crippen LogP contribution is -2.32. The van der Waals surface area contributed by atoms with Crippen molar-refractivity contribution in [2.45, 2.75) is 12.5 Å².